The molecule has 7 nitrogen and oxygen atoms in total. The van der Waals surface area contributed by atoms with E-state index in [4.69, 9.17) is 0 Å². The van der Waals surface area contributed by atoms with Gasteiger partial charge in [-0.05, 0) is 49.7 Å². The van der Waals surface area contributed by atoms with Crippen molar-refractivity contribution in [1.29, 1.82) is 0 Å². The van der Waals surface area contributed by atoms with Gasteiger partial charge in [0.1, 0.15) is 0 Å². The number of hydrogen-bond donors (Lipinski definition) is 2. The fourth-order valence-electron chi connectivity index (χ4n) is 3.95. The second kappa shape index (κ2) is 9.14. The Morgan fingerprint density at radius 1 is 1.07 bits per heavy atom. The highest BCUT2D eigenvalue weighted by Gasteiger charge is 2.31. The predicted molar refractivity (Wildman–Crippen MR) is 102 cm³/mol. The molecule has 150 valence electrons. The highest BCUT2D eigenvalue weighted by Crippen LogP contribution is 2.25. The number of aliphatic hydroxyl groups excluding tert-OH is 1. The maximum absolute atomic E-state index is 12.8. The molecule has 3 rings (SSSR count). The molecule has 2 aliphatic rings. The minimum absolute atomic E-state index is 0.0238. The quantitative estimate of drug-likeness (QED) is 0.756. The van der Waals surface area contributed by atoms with Gasteiger partial charge in [-0.1, -0.05) is 18.2 Å². The van der Waals surface area contributed by atoms with Crippen LogP contribution in [0.3, 0.4) is 0 Å². The number of rotatable bonds is 6. The van der Waals surface area contributed by atoms with E-state index in [2.05, 4.69) is 5.43 Å². The Morgan fingerprint density at radius 3 is 2.52 bits per heavy atom. The zero-order valence-corrected chi connectivity index (χ0v) is 16.4. The number of sulfonamides is 1. The topological polar surface area (TPSA) is 90.0 Å². The molecule has 8 heteroatoms. The van der Waals surface area contributed by atoms with Gasteiger partial charge in [0.05, 0.1) is 4.90 Å². The van der Waals surface area contributed by atoms with Gasteiger partial charge < -0.3 is 5.11 Å². The number of hydrazine groups is 1. The van der Waals surface area contributed by atoms with Crippen molar-refractivity contribution in [3.63, 3.8) is 0 Å². The largest absolute Gasteiger partial charge is 0.396 e. The van der Waals surface area contributed by atoms with Crippen LogP contribution in [-0.4, -0.2) is 61.5 Å². The minimum atomic E-state index is -3.51. The second-order valence-corrected chi connectivity index (χ2v) is 9.50. The summed E-state index contributed by atoms with van der Waals surface area (Å²) in [7, 11) is -3.51. The molecule has 1 aromatic rings. The molecule has 1 aromatic carbocycles. The third-order valence-electron chi connectivity index (χ3n) is 5.40. The zero-order valence-electron chi connectivity index (χ0n) is 15.6. The molecule has 27 heavy (non-hydrogen) atoms. The van der Waals surface area contributed by atoms with E-state index < -0.39 is 10.0 Å². The van der Waals surface area contributed by atoms with Crippen molar-refractivity contribution < 1.29 is 18.3 Å². The Balaban J connectivity index is 1.54. The molecule has 2 fully saturated rings. The van der Waals surface area contributed by atoms with Crippen LogP contribution in [0.15, 0.2) is 35.2 Å². The standard InChI is InChI=1S/C19H29N3O4S/c23-15-17-7-4-10-21(13-17)20-19(24)12-16-6-5-11-22(14-16)27(25,26)18-8-2-1-3-9-18/h1-3,8-9,16-17,23H,4-7,10-15H2,(H,20,24). The van der Waals surface area contributed by atoms with E-state index in [0.29, 0.717) is 31.0 Å². The smallest absolute Gasteiger partial charge is 0.243 e. The van der Waals surface area contributed by atoms with E-state index in [9.17, 15) is 18.3 Å². The van der Waals surface area contributed by atoms with Crippen LogP contribution >= 0.6 is 0 Å². The fraction of sp³-hybridized carbons (Fsp3) is 0.632. The molecule has 0 aromatic heterocycles. The van der Waals surface area contributed by atoms with Gasteiger partial charge in [-0.15, -0.1) is 0 Å². The predicted octanol–water partition coefficient (Wildman–Crippen LogP) is 1.21. The summed E-state index contributed by atoms with van der Waals surface area (Å²) in [5.41, 5.74) is 2.93. The molecule has 2 N–H and O–H groups in total. The molecule has 0 spiro atoms. The van der Waals surface area contributed by atoms with Crippen molar-refractivity contribution in [2.24, 2.45) is 11.8 Å². The number of hydrogen-bond acceptors (Lipinski definition) is 5. The van der Waals surface area contributed by atoms with Gasteiger partial charge in [0.2, 0.25) is 15.9 Å². The summed E-state index contributed by atoms with van der Waals surface area (Å²) in [5.74, 6) is 0.161. The van der Waals surface area contributed by atoms with Gasteiger partial charge >= 0.3 is 0 Å². The first-order valence-corrected chi connectivity index (χ1v) is 11.1. The normalized spacial score (nSPS) is 25.2. The number of amides is 1. The molecule has 0 radical (unpaired) electrons. The zero-order chi connectivity index (χ0) is 19.3. The number of carbonyl (C=O) groups is 1. The van der Waals surface area contributed by atoms with Crippen molar-refractivity contribution in [3.8, 4) is 0 Å². The first kappa shape index (κ1) is 20.3. The van der Waals surface area contributed by atoms with E-state index in [1.54, 1.807) is 30.3 Å². The highest BCUT2D eigenvalue weighted by molar-refractivity contribution is 7.89. The summed E-state index contributed by atoms with van der Waals surface area (Å²) in [6, 6.07) is 8.46. The number of nitrogens with one attached hydrogen (secondary N) is 1. The van der Waals surface area contributed by atoms with Crippen molar-refractivity contribution in [2.75, 3.05) is 32.8 Å². The lowest BCUT2D eigenvalue weighted by molar-refractivity contribution is -0.128. The number of piperidine rings is 2. The molecule has 0 bridgehead atoms. The number of aliphatic hydroxyl groups is 1. The van der Waals surface area contributed by atoms with Crippen LogP contribution in [0.1, 0.15) is 32.1 Å². The Labute approximate surface area is 161 Å². The summed E-state index contributed by atoms with van der Waals surface area (Å²) in [5, 5.41) is 11.2. The van der Waals surface area contributed by atoms with Crippen molar-refractivity contribution in [2.45, 2.75) is 37.0 Å². The number of nitrogens with zero attached hydrogens (tertiary/aromatic N) is 2. The lowest BCUT2D eigenvalue weighted by Crippen LogP contribution is -2.49. The van der Waals surface area contributed by atoms with Crippen molar-refractivity contribution >= 4 is 15.9 Å². The van der Waals surface area contributed by atoms with Gasteiger partial charge in [-0.2, -0.15) is 4.31 Å². The van der Waals surface area contributed by atoms with Gasteiger partial charge in [0.25, 0.3) is 0 Å². The summed E-state index contributed by atoms with van der Waals surface area (Å²) in [6.45, 7) is 2.48. The molecule has 2 unspecified atom stereocenters. The van der Waals surface area contributed by atoms with Crippen LogP contribution in [0.2, 0.25) is 0 Å². The van der Waals surface area contributed by atoms with E-state index in [1.807, 2.05) is 5.01 Å². The Kier molecular flexibility index (Phi) is 6.86. The molecule has 0 aliphatic carbocycles. The van der Waals surface area contributed by atoms with Crippen molar-refractivity contribution in [1.82, 2.24) is 14.7 Å². The summed E-state index contributed by atoms with van der Waals surface area (Å²) < 4.78 is 27.1. The van der Waals surface area contributed by atoms with Crippen LogP contribution in [0.5, 0.6) is 0 Å². The van der Waals surface area contributed by atoms with Crippen LogP contribution in [0, 0.1) is 11.8 Å². The molecule has 2 aliphatic heterocycles. The summed E-state index contributed by atoms with van der Waals surface area (Å²) in [4.78, 5) is 12.7. The minimum Gasteiger partial charge on any atom is -0.396 e. The van der Waals surface area contributed by atoms with Gasteiger partial charge in [0, 0.05) is 39.2 Å². The molecule has 2 heterocycles. The van der Waals surface area contributed by atoms with E-state index in [1.165, 1.54) is 4.31 Å². The van der Waals surface area contributed by atoms with Crippen molar-refractivity contribution in [3.05, 3.63) is 30.3 Å². The van der Waals surface area contributed by atoms with Gasteiger partial charge in [-0.3, -0.25) is 10.2 Å². The molecular weight excluding hydrogens is 366 g/mol. The van der Waals surface area contributed by atoms with Crippen LogP contribution in [0.4, 0.5) is 0 Å². The number of carbonyl (C=O) groups excluding carboxylic acids is 1. The molecule has 2 saturated heterocycles. The molecule has 2 atom stereocenters. The maximum Gasteiger partial charge on any atom is 0.243 e. The van der Waals surface area contributed by atoms with E-state index in [0.717, 1.165) is 32.2 Å². The third kappa shape index (κ3) is 5.28. The fourth-order valence-corrected chi connectivity index (χ4v) is 5.53. The first-order chi connectivity index (χ1) is 13.0. The summed E-state index contributed by atoms with van der Waals surface area (Å²) >= 11 is 0. The second-order valence-electron chi connectivity index (χ2n) is 7.56. The number of benzene rings is 1. The van der Waals surface area contributed by atoms with E-state index >= 15 is 0 Å². The highest BCUT2D eigenvalue weighted by atomic mass is 32.2. The van der Waals surface area contributed by atoms with Crippen LogP contribution in [-0.2, 0) is 14.8 Å². The molecule has 0 saturated carbocycles. The Morgan fingerprint density at radius 2 is 1.78 bits per heavy atom. The van der Waals surface area contributed by atoms with E-state index in [-0.39, 0.29) is 24.3 Å². The maximum atomic E-state index is 12.8. The Bertz CT molecular complexity index is 726. The summed E-state index contributed by atoms with van der Waals surface area (Å²) in [6.07, 6.45) is 3.88. The lowest BCUT2D eigenvalue weighted by Gasteiger charge is -2.34. The monoisotopic (exact) mass is 395 g/mol. The van der Waals surface area contributed by atoms with Gasteiger partial charge in [0.15, 0.2) is 0 Å². The van der Waals surface area contributed by atoms with Crippen LogP contribution < -0.4 is 5.43 Å². The SMILES string of the molecule is O=C(CC1CCCN(S(=O)(=O)c2ccccc2)C1)NN1CCCC(CO)C1. The first-order valence-electron chi connectivity index (χ1n) is 9.69. The Hall–Kier alpha value is -1.48. The molecular formula is C19H29N3O4S. The van der Waals surface area contributed by atoms with Crippen LogP contribution in [0.25, 0.3) is 0 Å². The lowest BCUT2D eigenvalue weighted by atomic mass is 9.96. The third-order valence-corrected chi connectivity index (χ3v) is 7.28. The molecule has 1 amide bonds. The van der Waals surface area contributed by atoms with Gasteiger partial charge in [-0.25, -0.2) is 13.4 Å². The average Bonchev–Trinajstić information content (AvgIpc) is 2.69. The average molecular weight is 396 g/mol.